The van der Waals surface area contributed by atoms with Gasteiger partial charge in [0.15, 0.2) is 0 Å². The Morgan fingerprint density at radius 1 is 0.895 bits per heavy atom. The van der Waals surface area contributed by atoms with Crippen LogP contribution in [0, 0.1) is 25.7 Å². The second kappa shape index (κ2) is 7.12. The normalized spacial score (nSPS) is 23.5. The zero-order valence-corrected chi connectivity index (χ0v) is 13.0. The molecule has 1 saturated carbocycles. The summed E-state index contributed by atoms with van der Waals surface area (Å²) in [6.45, 7) is 6.76. The maximum Gasteiger partial charge on any atom is -0.0276 e. The highest BCUT2D eigenvalue weighted by atomic mass is 14.3. The van der Waals surface area contributed by atoms with Crippen LogP contribution in [0.4, 0.5) is 0 Å². The zero-order chi connectivity index (χ0) is 13.7. The van der Waals surface area contributed by atoms with Crippen molar-refractivity contribution in [1.82, 2.24) is 0 Å². The van der Waals surface area contributed by atoms with Crippen LogP contribution in [0.3, 0.4) is 0 Å². The third-order valence-electron chi connectivity index (χ3n) is 5.08. The molecule has 0 bridgehead atoms. The van der Waals surface area contributed by atoms with Crippen LogP contribution < -0.4 is 0 Å². The molecule has 1 aliphatic carbocycles. The summed E-state index contributed by atoms with van der Waals surface area (Å²) in [5, 5.41) is 0. The lowest BCUT2D eigenvalue weighted by molar-refractivity contribution is 0.252. The van der Waals surface area contributed by atoms with E-state index >= 15 is 0 Å². The van der Waals surface area contributed by atoms with E-state index < -0.39 is 0 Å². The lowest BCUT2D eigenvalue weighted by Crippen LogP contribution is -2.15. The van der Waals surface area contributed by atoms with Gasteiger partial charge in [-0.3, -0.25) is 0 Å². The minimum Gasteiger partial charge on any atom is -0.0654 e. The molecule has 0 aliphatic heterocycles. The van der Waals surface area contributed by atoms with Crippen molar-refractivity contribution in [2.45, 2.75) is 72.1 Å². The Bertz CT molecular complexity index is 383. The van der Waals surface area contributed by atoms with Crippen LogP contribution in [0.1, 0.15) is 68.6 Å². The van der Waals surface area contributed by atoms with E-state index in [1.807, 2.05) is 0 Å². The summed E-state index contributed by atoms with van der Waals surface area (Å²) in [5.74, 6) is 2.04. The number of benzene rings is 1. The van der Waals surface area contributed by atoms with E-state index in [1.165, 1.54) is 62.5 Å². The minimum absolute atomic E-state index is 0.995. The Morgan fingerprint density at radius 3 is 2.11 bits per heavy atom. The average Bonchev–Trinajstić information content (AvgIpc) is 2.42. The van der Waals surface area contributed by atoms with Gasteiger partial charge < -0.3 is 0 Å². The average molecular weight is 258 g/mol. The highest BCUT2D eigenvalue weighted by molar-refractivity contribution is 5.29. The molecule has 0 N–H and O–H groups in total. The molecule has 2 rings (SSSR count). The molecule has 0 heterocycles. The zero-order valence-electron chi connectivity index (χ0n) is 13.0. The molecule has 0 heteroatoms. The van der Waals surface area contributed by atoms with Gasteiger partial charge in [0, 0.05) is 0 Å². The van der Waals surface area contributed by atoms with Crippen LogP contribution in [-0.4, -0.2) is 0 Å². The highest BCUT2D eigenvalue weighted by Crippen LogP contribution is 2.33. The van der Waals surface area contributed by atoms with Crippen molar-refractivity contribution in [3.05, 3.63) is 34.9 Å². The molecule has 0 aromatic heterocycles. The Balaban J connectivity index is 1.75. The smallest absolute Gasteiger partial charge is 0.0276 e. The molecule has 106 valence electrons. The molecule has 0 atom stereocenters. The first kappa shape index (κ1) is 14.6. The maximum atomic E-state index is 2.39. The van der Waals surface area contributed by atoms with E-state index in [9.17, 15) is 0 Å². The van der Waals surface area contributed by atoms with Crippen molar-refractivity contribution in [3.63, 3.8) is 0 Å². The molecule has 1 fully saturated rings. The molecule has 0 radical (unpaired) electrons. The Labute approximate surface area is 119 Å². The van der Waals surface area contributed by atoms with Crippen molar-refractivity contribution in [2.24, 2.45) is 11.8 Å². The van der Waals surface area contributed by atoms with Crippen molar-refractivity contribution in [3.8, 4) is 0 Å². The van der Waals surface area contributed by atoms with Crippen LogP contribution in [-0.2, 0) is 6.42 Å². The molecule has 1 aromatic rings. The highest BCUT2D eigenvalue weighted by Gasteiger charge is 2.20. The lowest BCUT2D eigenvalue weighted by Gasteiger charge is -2.28. The molecular weight excluding hydrogens is 228 g/mol. The first-order valence-corrected chi connectivity index (χ1v) is 8.25. The van der Waals surface area contributed by atoms with Gasteiger partial charge in [0.2, 0.25) is 0 Å². The molecule has 0 unspecified atom stereocenters. The van der Waals surface area contributed by atoms with Gasteiger partial charge in [-0.2, -0.15) is 0 Å². The van der Waals surface area contributed by atoms with Crippen LogP contribution in [0.15, 0.2) is 18.2 Å². The van der Waals surface area contributed by atoms with E-state index in [1.54, 1.807) is 5.56 Å². The molecule has 19 heavy (non-hydrogen) atoms. The molecular formula is C19H30. The van der Waals surface area contributed by atoms with Gasteiger partial charge in [-0.05, 0) is 55.2 Å². The second-order valence-corrected chi connectivity index (χ2v) is 6.63. The third kappa shape index (κ3) is 4.37. The predicted molar refractivity (Wildman–Crippen MR) is 84.6 cm³/mol. The fraction of sp³-hybridized carbons (Fsp3) is 0.684. The SMILES string of the molecule is CCCC1CCC(CCc2ccc(C)c(C)c2)CC1. The van der Waals surface area contributed by atoms with Crippen LogP contribution in [0.5, 0.6) is 0 Å². The van der Waals surface area contributed by atoms with Gasteiger partial charge >= 0.3 is 0 Å². The van der Waals surface area contributed by atoms with Gasteiger partial charge in [0.05, 0.1) is 0 Å². The second-order valence-electron chi connectivity index (χ2n) is 6.63. The molecule has 0 amide bonds. The Kier molecular flexibility index (Phi) is 5.48. The van der Waals surface area contributed by atoms with Crippen molar-refractivity contribution >= 4 is 0 Å². The van der Waals surface area contributed by atoms with Crippen molar-refractivity contribution in [1.29, 1.82) is 0 Å². The third-order valence-corrected chi connectivity index (χ3v) is 5.08. The molecule has 1 aliphatic rings. The number of hydrogen-bond donors (Lipinski definition) is 0. The largest absolute Gasteiger partial charge is 0.0654 e. The molecule has 0 saturated heterocycles. The van der Waals surface area contributed by atoms with Crippen molar-refractivity contribution in [2.75, 3.05) is 0 Å². The standard InChI is InChI=1S/C19H30/c1-4-5-17-8-10-18(11-9-17)12-13-19-7-6-15(2)16(3)14-19/h6-7,14,17-18H,4-5,8-13H2,1-3H3. The van der Waals surface area contributed by atoms with Gasteiger partial charge in [-0.15, -0.1) is 0 Å². The quantitative estimate of drug-likeness (QED) is 0.622. The van der Waals surface area contributed by atoms with Gasteiger partial charge in [0.1, 0.15) is 0 Å². The van der Waals surface area contributed by atoms with Crippen molar-refractivity contribution < 1.29 is 0 Å². The predicted octanol–water partition coefficient (Wildman–Crippen LogP) is 5.84. The van der Waals surface area contributed by atoms with Crippen LogP contribution in [0.25, 0.3) is 0 Å². The number of hydrogen-bond acceptors (Lipinski definition) is 0. The van der Waals surface area contributed by atoms with Gasteiger partial charge in [-0.25, -0.2) is 0 Å². The monoisotopic (exact) mass is 258 g/mol. The van der Waals surface area contributed by atoms with Crippen LogP contribution >= 0.6 is 0 Å². The summed E-state index contributed by atoms with van der Waals surface area (Å²) in [7, 11) is 0. The van der Waals surface area contributed by atoms with E-state index in [0.717, 1.165) is 11.8 Å². The van der Waals surface area contributed by atoms with Crippen LogP contribution in [0.2, 0.25) is 0 Å². The minimum atomic E-state index is 0.995. The topological polar surface area (TPSA) is 0 Å². The lowest BCUT2D eigenvalue weighted by atomic mass is 9.78. The van der Waals surface area contributed by atoms with E-state index in [2.05, 4.69) is 39.0 Å². The summed E-state index contributed by atoms with van der Waals surface area (Å²) in [5.41, 5.74) is 4.41. The Morgan fingerprint density at radius 2 is 1.53 bits per heavy atom. The summed E-state index contributed by atoms with van der Waals surface area (Å²) >= 11 is 0. The Hall–Kier alpha value is -0.780. The number of aryl methyl sites for hydroxylation is 3. The molecule has 0 nitrogen and oxygen atoms in total. The van der Waals surface area contributed by atoms with E-state index in [-0.39, 0.29) is 0 Å². The number of rotatable bonds is 5. The first-order valence-electron chi connectivity index (χ1n) is 8.25. The van der Waals surface area contributed by atoms with E-state index in [0.29, 0.717) is 0 Å². The van der Waals surface area contributed by atoms with Gasteiger partial charge in [0.25, 0.3) is 0 Å². The van der Waals surface area contributed by atoms with E-state index in [4.69, 9.17) is 0 Å². The summed E-state index contributed by atoms with van der Waals surface area (Å²) in [6, 6.07) is 6.99. The summed E-state index contributed by atoms with van der Waals surface area (Å²) in [4.78, 5) is 0. The fourth-order valence-corrected chi connectivity index (χ4v) is 3.55. The summed E-state index contributed by atoms with van der Waals surface area (Å²) < 4.78 is 0. The first-order chi connectivity index (χ1) is 9.19. The van der Waals surface area contributed by atoms with Gasteiger partial charge in [-0.1, -0.05) is 63.6 Å². The molecule has 1 aromatic carbocycles. The maximum absolute atomic E-state index is 2.39. The fourth-order valence-electron chi connectivity index (χ4n) is 3.55. The molecule has 0 spiro atoms. The summed E-state index contributed by atoms with van der Waals surface area (Å²) in [6.07, 6.45) is 11.5.